The van der Waals surface area contributed by atoms with Gasteiger partial charge < -0.3 is 19.5 Å². The number of hydrogen-bond acceptors (Lipinski definition) is 6. The highest BCUT2D eigenvalue weighted by Crippen LogP contribution is 2.34. The number of carbonyl (C=O) groups is 2. The van der Waals surface area contributed by atoms with Crippen molar-refractivity contribution in [1.29, 1.82) is 0 Å². The van der Waals surface area contributed by atoms with Gasteiger partial charge in [0.2, 0.25) is 0 Å². The van der Waals surface area contributed by atoms with E-state index in [0.717, 1.165) is 16.1 Å². The van der Waals surface area contributed by atoms with Gasteiger partial charge in [-0.3, -0.25) is 9.78 Å². The van der Waals surface area contributed by atoms with Gasteiger partial charge in [0.25, 0.3) is 5.91 Å². The van der Waals surface area contributed by atoms with E-state index < -0.39 is 12.1 Å². The molecule has 4 heterocycles. The lowest BCUT2D eigenvalue weighted by Crippen LogP contribution is -2.38. The first-order valence-electron chi connectivity index (χ1n) is 9.43. The van der Waals surface area contributed by atoms with E-state index in [1.807, 2.05) is 41.5 Å². The second-order valence-electron chi connectivity index (χ2n) is 7.13. The van der Waals surface area contributed by atoms with Crippen LogP contribution >= 0.6 is 11.3 Å². The normalized spacial score (nSPS) is 22.6. The minimum atomic E-state index is -5.08. The number of carboxylic acid groups (broad SMARTS) is 1. The molecule has 0 aliphatic carbocycles. The summed E-state index contributed by atoms with van der Waals surface area (Å²) >= 11 is 1.51. The van der Waals surface area contributed by atoms with Gasteiger partial charge in [0.05, 0.1) is 42.5 Å². The molecule has 2 saturated heterocycles. The standard InChI is InChI=1S/C18H20N2O3S.C2HF3O2/c1-12-5-7-24-17(12)18(21)20-8-16(14-10-22-11-15(14)20)23-9-13-4-2-3-6-19-13;3-2(4,5)1(6)7/h2-7,14-16H,8-11H2,1H3;(H,6,7)/t14-,15+,16-;/m0./s1. The van der Waals surface area contributed by atoms with Crippen LogP contribution in [0, 0.1) is 12.8 Å². The lowest BCUT2D eigenvalue weighted by molar-refractivity contribution is -0.192. The average Bonchev–Trinajstić information content (AvgIpc) is 3.43. The molecule has 3 atom stereocenters. The molecular weight excluding hydrogens is 437 g/mol. The second kappa shape index (κ2) is 9.75. The van der Waals surface area contributed by atoms with Gasteiger partial charge >= 0.3 is 12.1 Å². The molecule has 168 valence electrons. The summed E-state index contributed by atoms with van der Waals surface area (Å²) in [5.41, 5.74) is 1.95. The zero-order valence-corrected chi connectivity index (χ0v) is 17.4. The van der Waals surface area contributed by atoms with Crippen LogP contribution in [0.25, 0.3) is 0 Å². The van der Waals surface area contributed by atoms with E-state index in [0.29, 0.717) is 26.4 Å². The Balaban J connectivity index is 0.000000339. The van der Waals surface area contributed by atoms with Crippen LogP contribution in [0.4, 0.5) is 13.2 Å². The molecule has 0 spiro atoms. The molecule has 2 aromatic rings. The zero-order valence-electron chi connectivity index (χ0n) is 16.5. The number of likely N-dealkylation sites (tertiary alicyclic amines) is 1. The molecule has 31 heavy (non-hydrogen) atoms. The average molecular weight is 458 g/mol. The highest BCUT2D eigenvalue weighted by atomic mass is 32.1. The Bertz CT molecular complexity index is 906. The molecule has 0 unspecified atom stereocenters. The number of nitrogens with zero attached hydrogens (tertiary/aromatic N) is 2. The van der Waals surface area contributed by atoms with Crippen LogP contribution in [-0.4, -0.2) is 64.9 Å². The summed E-state index contributed by atoms with van der Waals surface area (Å²) in [6.45, 7) is 4.34. The Hall–Kier alpha value is -2.50. The van der Waals surface area contributed by atoms with Crippen LogP contribution in [0.2, 0.25) is 0 Å². The van der Waals surface area contributed by atoms with Crippen molar-refractivity contribution in [1.82, 2.24) is 9.88 Å². The van der Waals surface area contributed by atoms with Crippen molar-refractivity contribution in [3.63, 3.8) is 0 Å². The molecule has 1 amide bonds. The highest BCUT2D eigenvalue weighted by Gasteiger charge is 2.48. The van der Waals surface area contributed by atoms with Gasteiger partial charge in [-0.1, -0.05) is 6.07 Å². The van der Waals surface area contributed by atoms with E-state index >= 15 is 0 Å². The number of alkyl halides is 3. The Morgan fingerprint density at radius 1 is 1.32 bits per heavy atom. The molecule has 0 aromatic carbocycles. The summed E-state index contributed by atoms with van der Waals surface area (Å²) in [4.78, 5) is 28.9. The summed E-state index contributed by atoms with van der Waals surface area (Å²) < 4.78 is 43.5. The van der Waals surface area contributed by atoms with Crippen molar-refractivity contribution in [2.45, 2.75) is 31.9 Å². The number of hydrogen-bond donors (Lipinski definition) is 1. The number of amides is 1. The predicted octanol–water partition coefficient (Wildman–Crippen LogP) is 3.14. The first-order chi connectivity index (χ1) is 14.7. The monoisotopic (exact) mass is 458 g/mol. The summed E-state index contributed by atoms with van der Waals surface area (Å²) in [6.07, 6.45) is -3.31. The lowest BCUT2D eigenvalue weighted by atomic mass is 10.0. The van der Waals surface area contributed by atoms with E-state index in [9.17, 15) is 18.0 Å². The number of aryl methyl sites for hydroxylation is 1. The van der Waals surface area contributed by atoms with Crippen molar-refractivity contribution >= 4 is 23.2 Å². The van der Waals surface area contributed by atoms with Crippen molar-refractivity contribution in [3.05, 3.63) is 52.0 Å². The van der Waals surface area contributed by atoms with Gasteiger partial charge in [0, 0.05) is 18.7 Å². The Morgan fingerprint density at radius 3 is 2.65 bits per heavy atom. The van der Waals surface area contributed by atoms with Gasteiger partial charge in [-0.15, -0.1) is 11.3 Å². The van der Waals surface area contributed by atoms with Gasteiger partial charge in [-0.05, 0) is 36.1 Å². The minimum Gasteiger partial charge on any atom is -0.475 e. The number of aliphatic carboxylic acids is 1. The predicted molar refractivity (Wildman–Crippen MR) is 105 cm³/mol. The number of aromatic nitrogens is 1. The maximum atomic E-state index is 12.9. The number of halogens is 3. The second-order valence-corrected chi connectivity index (χ2v) is 8.05. The third kappa shape index (κ3) is 5.60. The third-order valence-corrected chi connectivity index (χ3v) is 6.08. The molecule has 2 aliphatic heterocycles. The van der Waals surface area contributed by atoms with Crippen molar-refractivity contribution in [2.75, 3.05) is 19.8 Å². The number of thiophene rings is 1. The zero-order chi connectivity index (χ0) is 22.6. The summed E-state index contributed by atoms with van der Waals surface area (Å²) in [5.74, 6) is -2.41. The molecule has 2 aromatic heterocycles. The lowest BCUT2D eigenvalue weighted by Gasteiger charge is -2.22. The number of fused-ring (bicyclic) bond motifs is 1. The number of ether oxygens (including phenoxy) is 2. The van der Waals surface area contributed by atoms with E-state index in [-0.39, 0.29) is 24.0 Å². The smallest absolute Gasteiger partial charge is 0.475 e. The van der Waals surface area contributed by atoms with E-state index in [2.05, 4.69) is 4.98 Å². The minimum absolute atomic E-state index is 0.00345. The molecule has 7 nitrogen and oxygen atoms in total. The number of pyridine rings is 1. The van der Waals surface area contributed by atoms with E-state index in [1.54, 1.807) is 6.20 Å². The maximum absolute atomic E-state index is 12.9. The molecule has 11 heteroatoms. The number of rotatable bonds is 4. The van der Waals surface area contributed by atoms with Crippen LogP contribution in [0.1, 0.15) is 20.9 Å². The van der Waals surface area contributed by atoms with Crippen LogP contribution in [-0.2, 0) is 20.9 Å². The number of carboxylic acids is 1. The van der Waals surface area contributed by atoms with Gasteiger partial charge in [0.1, 0.15) is 0 Å². The molecule has 1 N–H and O–H groups in total. The fourth-order valence-corrected chi connectivity index (χ4v) is 4.39. The van der Waals surface area contributed by atoms with Crippen LogP contribution in [0.5, 0.6) is 0 Å². The topological polar surface area (TPSA) is 89.0 Å². The van der Waals surface area contributed by atoms with Gasteiger partial charge in [-0.2, -0.15) is 13.2 Å². The molecule has 2 fully saturated rings. The largest absolute Gasteiger partial charge is 0.490 e. The first-order valence-corrected chi connectivity index (χ1v) is 10.3. The molecular formula is C20H21F3N2O5S. The van der Waals surface area contributed by atoms with Gasteiger partial charge in [-0.25, -0.2) is 4.79 Å². The molecule has 0 radical (unpaired) electrons. The quantitative estimate of drug-likeness (QED) is 0.757. The van der Waals surface area contributed by atoms with Crippen LogP contribution in [0.3, 0.4) is 0 Å². The SMILES string of the molecule is Cc1ccsc1C(=O)N1C[C@H](OCc2ccccn2)[C@H]2COC[C@H]21.O=C(O)C(F)(F)F. The fraction of sp³-hybridized carbons (Fsp3) is 0.450. The van der Waals surface area contributed by atoms with Crippen LogP contribution < -0.4 is 0 Å². The Kier molecular flexibility index (Phi) is 7.29. The summed E-state index contributed by atoms with van der Waals surface area (Å²) in [7, 11) is 0. The van der Waals surface area contributed by atoms with E-state index in [4.69, 9.17) is 19.4 Å². The van der Waals surface area contributed by atoms with E-state index in [1.165, 1.54) is 11.3 Å². The van der Waals surface area contributed by atoms with Gasteiger partial charge in [0.15, 0.2) is 0 Å². The van der Waals surface area contributed by atoms with Crippen molar-refractivity contribution in [2.24, 2.45) is 5.92 Å². The van der Waals surface area contributed by atoms with Crippen LogP contribution in [0.15, 0.2) is 35.8 Å². The fourth-order valence-electron chi connectivity index (χ4n) is 3.51. The number of carbonyl (C=O) groups excluding carboxylic acids is 1. The molecule has 4 rings (SSSR count). The Labute approximate surface area is 180 Å². The molecule has 0 saturated carbocycles. The molecule has 2 aliphatic rings. The highest BCUT2D eigenvalue weighted by molar-refractivity contribution is 7.12. The molecule has 0 bridgehead atoms. The van der Waals surface area contributed by atoms with Crippen molar-refractivity contribution in [3.8, 4) is 0 Å². The van der Waals surface area contributed by atoms with Crippen molar-refractivity contribution < 1.29 is 37.3 Å². The maximum Gasteiger partial charge on any atom is 0.490 e. The summed E-state index contributed by atoms with van der Waals surface area (Å²) in [5, 5.41) is 9.09. The summed E-state index contributed by atoms with van der Waals surface area (Å²) in [6, 6.07) is 7.91. The first kappa shape index (κ1) is 23.2. The third-order valence-electron chi connectivity index (χ3n) is 5.08. The Morgan fingerprint density at radius 2 is 2.06 bits per heavy atom.